The Morgan fingerprint density at radius 3 is 2.62 bits per heavy atom. The van der Waals surface area contributed by atoms with Gasteiger partial charge in [-0.2, -0.15) is 0 Å². The average Bonchev–Trinajstić information content (AvgIpc) is 2.51. The van der Waals surface area contributed by atoms with Crippen molar-refractivity contribution in [2.24, 2.45) is 0 Å². The molecule has 0 bridgehead atoms. The first-order valence-corrected chi connectivity index (χ1v) is 7.68. The molecule has 108 valence electrons. The zero-order valence-corrected chi connectivity index (χ0v) is 12.2. The Morgan fingerprint density at radius 2 is 1.86 bits per heavy atom. The lowest BCUT2D eigenvalue weighted by Crippen LogP contribution is -2.20. The Kier molecular flexibility index (Phi) is 4.36. The van der Waals surface area contributed by atoms with Crippen LogP contribution in [0.5, 0.6) is 0 Å². The molecule has 1 aliphatic heterocycles. The molecule has 2 aromatic rings. The first kappa shape index (κ1) is 14.3. The highest BCUT2D eigenvalue weighted by Crippen LogP contribution is 2.36. The Hall–Kier alpha value is -1.65. The van der Waals surface area contributed by atoms with Gasteiger partial charge in [0.25, 0.3) is 0 Å². The molecule has 1 aliphatic rings. The largest absolute Gasteiger partial charge is 0.313 e. The molecule has 4 heteroatoms. The molecule has 1 heterocycles. The monoisotopic (exact) mass is 303 g/mol. The van der Waals surface area contributed by atoms with Crippen molar-refractivity contribution in [1.82, 2.24) is 5.32 Å². The van der Waals surface area contributed by atoms with Crippen LogP contribution < -0.4 is 5.32 Å². The van der Waals surface area contributed by atoms with Crippen molar-refractivity contribution in [1.29, 1.82) is 0 Å². The molecule has 0 saturated heterocycles. The van der Waals surface area contributed by atoms with Crippen molar-refractivity contribution in [3.8, 4) is 0 Å². The third kappa shape index (κ3) is 3.34. The van der Waals surface area contributed by atoms with E-state index in [2.05, 4.69) is 17.5 Å². The smallest absolute Gasteiger partial charge is 0.140 e. The van der Waals surface area contributed by atoms with E-state index in [1.165, 1.54) is 29.5 Å². The van der Waals surface area contributed by atoms with Gasteiger partial charge in [-0.15, -0.1) is 0 Å². The van der Waals surface area contributed by atoms with Crippen LogP contribution >= 0.6 is 11.8 Å². The zero-order chi connectivity index (χ0) is 14.7. The van der Waals surface area contributed by atoms with Crippen molar-refractivity contribution in [3.05, 3.63) is 65.7 Å². The summed E-state index contributed by atoms with van der Waals surface area (Å²) < 4.78 is 26.8. The zero-order valence-electron chi connectivity index (χ0n) is 11.4. The standard InChI is InChI=1S/C17H15F2NS/c18-13-5-6-17(15(19)11-13)21-16-4-2-1-3-14(16)12-7-9-20-10-8-12/h1-7,11,20H,8-10H2. The van der Waals surface area contributed by atoms with Gasteiger partial charge in [0.05, 0.1) is 0 Å². The normalized spacial score (nSPS) is 14.9. The second-order valence-corrected chi connectivity index (χ2v) is 5.94. The number of hydrogen-bond acceptors (Lipinski definition) is 2. The maximum absolute atomic E-state index is 13.8. The van der Waals surface area contributed by atoms with E-state index in [9.17, 15) is 8.78 Å². The van der Waals surface area contributed by atoms with Gasteiger partial charge in [-0.25, -0.2) is 8.78 Å². The van der Waals surface area contributed by atoms with Crippen LogP contribution in [0.1, 0.15) is 12.0 Å². The lowest BCUT2D eigenvalue weighted by molar-refractivity contribution is 0.565. The summed E-state index contributed by atoms with van der Waals surface area (Å²) in [5, 5.41) is 3.28. The van der Waals surface area contributed by atoms with Crippen molar-refractivity contribution in [2.45, 2.75) is 16.2 Å². The summed E-state index contributed by atoms with van der Waals surface area (Å²) >= 11 is 1.34. The lowest BCUT2D eigenvalue weighted by atomic mass is 10.0. The fraction of sp³-hybridized carbons (Fsp3) is 0.176. The highest BCUT2D eigenvalue weighted by molar-refractivity contribution is 7.99. The Morgan fingerprint density at radius 1 is 1.00 bits per heavy atom. The molecular weight excluding hydrogens is 288 g/mol. The van der Waals surface area contributed by atoms with Gasteiger partial charge in [0, 0.05) is 22.4 Å². The van der Waals surface area contributed by atoms with Gasteiger partial charge < -0.3 is 5.32 Å². The molecule has 1 nitrogen and oxygen atoms in total. The summed E-state index contributed by atoms with van der Waals surface area (Å²) in [7, 11) is 0. The molecule has 0 aliphatic carbocycles. The number of hydrogen-bond donors (Lipinski definition) is 1. The fourth-order valence-corrected chi connectivity index (χ4v) is 3.35. The van der Waals surface area contributed by atoms with E-state index in [0.717, 1.165) is 36.0 Å². The third-order valence-electron chi connectivity index (χ3n) is 3.41. The quantitative estimate of drug-likeness (QED) is 0.896. The first-order valence-electron chi connectivity index (χ1n) is 6.86. The molecule has 2 aromatic carbocycles. The maximum atomic E-state index is 13.8. The van der Waals surface area contributed by atoms with Crippen molar-refractivity contribution in [2.75, 3.05) is 13.1 Å². The SMILES string of the molecule is Fc1ccc(Sc2ccccc2C2=CCNCC2)c(F)c1. The van der Waals surface area contributed by atoms with E-state index in [0.29, 0.717) is 4.90 Å². The van der Waals surface area contributed by atoms with Gasteiger partial charge in [0.15, 0.2) is 0 Å². The van der Waals surface area contributed by atoms with E-state index < -0.39 is 11.6 Å². The predicted molar refractivity (Wildman–Crippen MR) is 82.4 cm³/mol. The molecule has 0 radical (unpaired) electrons. The summed E-state index contributed by atoms with van der Waals surface area (Å²) in [6, 6.07) is 11.7. The lowest BCUT2D eigenvalue weighted by Gasteiger charge is -2.17. The van der Waals surface area contributed by atoms with Gasteiger partial charge in [0.2, 0.25) is 0 Å². The van der Waals surface area contributed by atoms with Gasteiger partial charge >= 0.3 is 0 Å². The summed E-state index contributed by atoms with van der Waals surface area (Å²) in [5.41, 5.74) is 2.41. The van der Waals surface area contributed by atoms with E-state index in [1.54, 1.807) is 0 Å². The first-order chi connectivity index (χ1) is 10.2. The van der Waals surface area contributed by atoms with Crippen molar-refractivity contribution < 1.29 is 8.78 Å². The van der Waals surface area contributed by atoms with Crippen LogP contribution in [0.3, 0.4) is 0 Å². The minimum Gasteiger partial charge on any atom is -0.313 e. The van der Waals surface area contributed by atoms with Crippen LogP contribution in [0, 0.1) is 11.6 Å². The van der Waals surface area contributed by atoms with E-state index in [-0.39, 0.29) is 0 Å². The van der Waals surface area contributed by atoms with Crippen LogP contribution in [-0.2, 0) is 0 Å². The van der Waals surface area contributed by atoms with Gasteiger partial charge in [-0.1, -0.05) is 36.0 Å². The molecule has 0 atom stereocenters. The minimum atomic E-state index is -0.550. The van der Waals surface area contributed by atoms with Crippen LogP contribution in [0.25, 0.3) is 5.57 Å². The van der Waals surface area contributed by atoms with Crippen LogP contribution in [0.15, 0.2) is 58.3 Å². The summed E-state index contributed by atoms with van der Waals surface area (Å²) in [6.07, 6.45) is 3.13. The number of benzene rings is 2. The summed E-state index contributed by atoms with van der Waals surface area (Å²) in [5.74, 6) is -1.07. The number of rotatable bonds is 3. The Labute approximate surface area is 127 Å². The van der Waals surface area contributed by atoms with Gasteiger partial charge in [-0.05, 0) is 42.3 Å². The molecule has 0 fully saturated rings. The van der Waals surface area contributed by atoms with Crippen LogP contribution in [0.2, 0.25) is 0 Å². The highest BCUT2D eigenvalue weighted by Gasteiger charge is 2.13. The number of nitrogens with one attached hydrogen (secondary N) is 1. The third-order valence-corrected chi connectivity index (χ3v) is 4.54. The Bertz CT molecular complexity index is 682. The second-order valence-electron chi connectivity index (χ2n) is 4.86. The maximum Gasteiger partial charge on any atom is 0.140 e. The van der Waals surface area contributed by atoms with Crippen molar-refractivity contribution >= 4 is 17.3 Å². The van der Waals surface area contributed by atoms with E-state index in [1.807, 2.05) is 18.2 Å². The second kappa shape index (κ2) is 6.41. The molecular formula is C17H15F2NS. The molecule has 0 aromatic heterocycles. The molecule has 0 amide bonds. The van der Waals surface area contributed by atoms with E-state index in [4.69, 9.17) is 0 Å². The molecule has 0 saturated carbocycles. The predicted octanol–water partition coefficient (Wildman–Crippen LogP) is 4.49. The molecule has 0 spiro atoms. The van der Waals surface area contributed by atoms with E-state index >= 15 is 0 Å². The molecule has 21 heavy (non-hydrogen) atoms. The Balaban J connectivity index is 1.93. The topological polar surface area (TPSA) is 12.0 Å². The highest BCUT2D eigenvalue weighted by atomic mass is 32.2. The number of halogens is 2. The van der Waals surface area contributed by atoms with Gasteiger partial charge in [0.1, 0.15) is 11.6 Å². The summed E-state index contributed by atoms with van der Waals surface area (Å²) in [4.78, 5) is 1.44. The van der Waals surface area contributed by atoms with Crippen LogP contribution in [0.4, 0.5) is 8.78 Å². The molecule has 0 unspecified atom stereocenters. The average molecular weight is 303 g/mol. The summed E-state index contributed by atoms with van der Waals surface area (Å²) in [6.45, 7) is 1.81. The molecule has 1 N–H and O–H groups in total. The van der Waals surface area contributed by atoms with Crippen LogP contribution in [-0.4, -0.2) is 13.1 Å². The van der Waals surface area contributed by atoms with Crippen molar-refractivity contribution in [3.63, 3.8) is 0 Å². The van der Waals surface area contributed by atoms with Gasteiger partial charge in [-0.3, -0.25) is 0 Å². The fourth-order valence-electron chi connectivity index (χ4n) is 2.36. The minimum absolute atomic E-state index is 0.443. The molecule has 3 rings (SSSR count).